The van der Waals surface area contributed by atoms with Gasteiger partial charge < -0.3 is 16.0 Å². The molecule has 0 aliphatic carbocycles. The highest BCUT2D eigenvalue weighted by Crippen LogP contribution is 2.20. The number of fused-ring (bicyclic) bond motifs is 1. The monoisotopic (exact) mass is 260 g/mol. The fraction of sp³-hybridized carbons (Fsp3) is 0. The summed E-state index contributed by atoms with van der Waals surface area (Å²) in [5.74, 6) is 0.753. The molecule has 0 aliphatic rings. The number of nitrogens with one attached hydrogen (secondary N) is 2. The molecule has 0 atom stereocenters. The smallest absolute Gasteiger partial charge is 0.231 e. The van der Waals surface area contributed by atoms with Crippen molar-refractivity contribution < 1.29 is 0 Å². The summed E-state index contributed by atoms with van der Waals surface area (Å²) in [5, 5.41) is 3.71. The first kappa shape index (κ1) is 10.8. The highest BCUT2D eigenvalue weighted by Gasteiger charge is 2.07. The number of imidazole rings is 1. The van der Waals surface area contributed by atoms with Gasteiger partial charge in [-0.05, 0) is 24.3 Å². The van der Waals surface area contributed by atoms with Gasteiger partial charge in [0.1, 0.15) is 5.52 Å². The zero-order chi connectivity index (χ0) is 12.5. The fourth-order valence-electron chi connectivity index (χ4n) is 1.57. The maximum absolute atomic E-state index is 5.81. The van der Waals surface area contributed by atoms with E-state index in [-0.39, 0.29) is 0 Å². The van der Waals surface area contributed by atoms with Crippen LogP contribution in [0.1, 0.15) is 0 Å². The molecule has 90 valence electrons. The van der Waals surface area contributed by atoms with E-state index < -0.39 is 0 Å². The van der Waals surface area contributed by atoms with Crippen LogP contribution in [0.2, 0.25) is 5.02 Å². The molecule has 0 bridgehead atoms. The summed E-state index contributed by atoms with van der Waals surface area (Å²) in [4.78, 5) is 15.3. The second kappa shape index (κ2) is 4.15. The fourth-order valence-corrected chi connectivity index (χ4v) is 1.70. The van der Waals surface area contributed by atoms with Gasteiger partial charge >= 0.3 is 0 Å². The van der Waals surface area contributed by atoms with Gasteiger partial charge in [-0.2, -0.15) is 9.97 Å². The molecule has 7 heteroatoms. The zero-order valence-corrected chi connectivity index (χ0v) is 9.94. The van der Waals surface area contributed by atoms with E-state index in [1.807, 2.05) is 12.1 Å². The van der Waals surface area contributed by atoms with Crippen molar-refractivity contribution in [2.45, 2.75) is 0 Å². The van der Waals surface area contributed by atoms with Crippen LogP contribution >= 0.6 is 11.6 Å². The highest BCUT2D eigenvalue weighted by atomic mass is 35.5. The molecule has 0 saturated carbocycles. The molecule has 1 aromatic carbocycles. The van der Waals surface area contributed by atoms with E-state index in [0.717, 1.165) is 5.69 Å². The van der Waals surface area contributed by atoms with Crippen LogP contribution in [0.4, 0.5) is 17.5 Å². The molecule has 0 spiro atoms. The Hall–Kier alpha value is -2.34. The van der Waals surface area contributed by atoms with Crippen LogP contribution < -0.4 is 11.1 Å². The van der Waals surface area contributed by atoms with Crippen LogP contribution in [-0.4, -0.2) is 19.9 Å². The largest absolute Gasteiger partial charge is 0.382 e. The minimum Gasteiger partial charge on any atom is -0.382 e. The van der Waals surface area contributed by atoms with Gasteiger partial charge in [0.05, 0.1) is 6.33 Å². The number of anilines is 3. The zero-order valence-electron chi connectivity index (χ0n) is 9.18. The van der Waals surface area contributed by atoms with E-state index >= 15 is 0 Å². The van der Waals surface area contributed by atoms with Gasteiger partial charge in [-0.25, -0.2) is 4.98 Å². The number of aromatic nitrogens is 4. The summed E-state index contributed by atoms with van der Waals surface area (Å²) in [5.41, 5.74) is 7.79. The second-order valence-electron chi connectivity index (χ2n) is 3.67. The van der Waals surface area contributed by atoms with E-state index in [1.165, 1.54) is 6.33 Å². The second-order valence-corrected chi connectivity index (χ2v) is 4.10. The number of rotatable bonds is 2. The molecule has 0 fully saturated rings. The van der Waals surface area contributed by atoms with Crippen molar-refractivity contribution in [3.05, 3.63) is 35.6 Å². The van der Waals surface area contributed by atoms with Gasteiger partial charge in [0, 0.05) is 10.7 Å². The maximum Gasteiger partial charge on any atom is 0.231 e. The first-order chi connectivity index (χ1) is 8.72. The molecule has 3 rings (SSSR count). The van der Waals surface area contributed by atoms with Crippen molar-refractivity contribution in [2.75, 3.05) is 11.1 Å². The van der Waals surface area contributed by atoms with Crippen molar-refractivity contribution in [2.24, 2.45) is 0 Å². The van der Waals surface area contributed by atoms with Crippen LogP contribution in [0, 0.1) is 0 Å². The number of hydrogen-bond acceptors (Lipinski definition) is 5. The van der Waals surface area contributed by atoms with Crippen molar-refractivity contribution in [3.63, 3.8) is 0 Å². The number of nitrogens with zero attached hydrogens (tertiary/aromatic N) is 3. The van der Waals surface area contributed by atoms with Gasteiger partial charge in [-0.1, -0.05) is 11.6 Å². The van der Waals surface area contributed by atoms with Gasteiger partial charge in [0.15, 0.2) is 11.5 Å². The number of benzene rings is 1. The molecule has 0 radical (unpaired) electrons. The van der Waals surface area contributed by atoms with Gasteiger partial charge in [-0.15, -0.1) is 0 Å². The summed E-state index contributed by atoms with van der Waals surface area (Å²) < 4.78 is 0. The Morgan fingerprint density at radius 3 is 2.72 bits per heavy atom. The Morgan fingerprint density at radius 1 is 1.17 bits per heavy atom. The lowest BCUT2D eigenvalue weighted by molar-refractivity contribution is 1.20. The summed E-state index contributed by atoms with van der Waals surface area (Å²) >= 11 is 5.81. The maximum atomic E-state index is 5.81. The first-order valence-electron chi connectivity index (χ1n) is 5.21. The van der Waals surface area contributed by atoms with Crippen molar-refractivity contribution in [3.8, 4) is 0 Å². The number of halogens is 1. The third kappa shape index (κ3) is 1.93. The van der Waals surface area contributed by atoms with Crippen molar-refractivity contribution in [1.82, 2.24) is 19.9 Å². The molecular formula is C11H9ClN6. The topological polar surface area (TPSA) is 92.5 Å². The Bertz CT molecular complexity index is 690. The number of nitrogens with two attached hydrogens (primary N) is 1. The number of aromatic amines is 1. The minimum absolute atomic E-state index is 0.356. The van der Waals surface area contributed by atoms with Crippen molar-refractivity contribution in [1.29, 1.82) is 0 Å². The van der Waals surface area contributed by atoms with Gasteiger partial charge in [0.25, 0.3) is 0 Å². The SMILES string of the molecule is Nc1nc(Nc2ccc(Cl)cc2)nc2nc[nH]c12. The Labute approximate surface area is 107 Å². The summed E-state index contributed by atoms with van der Waals surface area (Å²) in [7, 11) is 0. The molecule has 18 heavy (non-hydrogen) atoms. The Kier molecular flexibility index (Phi) is 2.49. The van der Waals surface area contributed by atoms with E-state index in [2.05, 4.69) is 25.3 Å². The summed E-state index contributed by atoms with van der Waals surface area (Å²) in [6.45, 7) is 0. The molecule has 2 heterocycles. The average molecular weight is 261 g/mol. The molecule has 0 unspecified atom stereocenters. The Balaban J connectivity index is 1.97. The van der Waals surface area contributed by atoms with Crippen LogP contribution in [0.5, 0.6) is 0 Å². The van der Waals surface area contributed by atoms with E-state index in [9.17, 15) is 0 Å². The predicted molar refractivity (Wildman–Crippen MR) is 70.8 cm³/mol. The van der Waals surface area contributed by atoms with Crippen LogP contribution in [0.15, 0.2) is 30.6 Å². The third-order valence-corrected chi connectivity index (χ3v) is 2.67. The number of H-pyrrole nitrogens is 1. The third-order valence-electron chi connectivity index (χ3n) is 2.41. The quantitative estimate of drug-likeness (QED) is 0.658. The first-order valence-corrected chi connectivity index (χ1v) is 5.59. The molecule has 0 amide bonds. The lowest BCUT2D eigenvalue weighted by atomic mass is 10.3. The van der Waals surface area contributed by atoms with E-state index in [0.29, 0.717) is 28.0 Å². The molecular weight excluding hydrogens is 252 g/mol. The number of hydrogen-bond donors (Lipinski definition) is 3. The highest BCUT2D eigenvalue weighted by molar-refractivity contribution is 6.30. The molecule has 4 N–H and O–H groups in total. The lowest BCUT2D eigenvalue weighted by Gasteiger charge is -2.05. The summed E-state index contributed by atoms with van der Waals surface area (Å²) in [6, 6.07) is 7.22. The van der Waals surface area contributed by atoms with Crippen molar-refractivity contribution >= 4 is 40.2 Å². The molecule has 2 aromatic heterocycles. The normalized spacial score (nSPS) is 10.7. The lowest BCUT2D eigenvalue weighted by Crippen LogP contribution is -2.01. The molecule has 3 aromatic rings. The van der Waals surface area contributed by atoms with Crippen LogP contribution in [-0.2, 0) is 0 Å². The molecule has 0 aliphatic heterocycles. The number of nitrogen functional groups attached to an aromatic ring is 1. The predicted octanol–water partition coefficient (Wildman–Crippen LogP) is 2.33. The minimum atomic E-state index is 0.356. The van der Waals surface area contributed by atoms with Crippen LogP contribution in [0.3, 0.4) is 0 Å². The van der Waals surface area contributed by atoms with Gasteiger partial charge in [0.2, 0.25) is 5.95 Å². The average Bonchev–Trinajstić information content (AvgIpc) is 2.81. The van der Waals surface area contributed by atoms with Gasteiger partial charge in [-0.3, -0.25) is 0 Å². The van der Waals surface area contributed by atoms with Crippen LogP contribution in [0.25, 0.3) is 11.2 Å². The Morgan fingerprint density at radius 2 is 1.94 bits per heavy atom. The summed E-state index contributed by atoms with van der Waals surface area (Å²) in [6.07, 6.45) is 1.53. The van der Waals surface area contributed by atoms with E-state index in [4.69, 9.17) is 17.3 Å². The van der Waals surface area contributed by atoms with E-state index in [1.54, 1.807) is 12.1 Å². The molecule has 0 saturated heterocycles. The standard InChI is InChI=1S/C11H9ClN6/c12-6-1-3-7(4-2-6)16-11-17-9(13)8-10(18-11)15-5-14-8/h1-5H,(H4,13,14,15,16,17,18). The molecule has 6 nitrogen and oxygen atoms in total.